The Morgan fingerprint density at radius 3 is 2.79 bits per heavy atom. The van der Waals surface area contributed by atoms with Crippen LogP contribution in [0, 0.1) is 5.92 Å². The summed E-state index contributed by atoms with van der Waals surface area (Å²) in [6.07, 6.45) is 6.80. The van der Waals surface area contributed by atoms with E-state index in [0.717, 1.165) is 11.6 Å². The molecule has 1 saturated carbocycles. The molecule has 2 atom stereocenters. The zero-order chi connectivity index (χ0) is 9.97. The molecule has 1 aromatic rings. The molecule has 0 radical (unpaired) electrons. The molecule has 0 aliphatic heterocycles. The molecule has 0 amide bonds. The van der Waals surface area contributed by atoms with Crippen molar-refractivity contribution in [3.05, 3.63) is 23.2 Å². The quantitative estimate of drug-likeness (QED) is 0.664. The molecule has 1 aromatic heterocycles. The van der Waals surface area contributed by atoms with E-state index in [0.29, 0.717) is 11.1 Å². The van der Waals surface area contributed by atoms with Crippen LogP contribution in [0.25, 0.3) is 0 Å². The zero-order valence-corrected chi connectivity index (χ0v) is 9.17. The standard InChI is InChI=1S/C11H15ClN2/c1-8-4-2-3-5-9(8)10-6-11(12)14-7-13-10/h6-9H,2-5H2,1H3. The van der Waals surface area contributed by atoms with Crippen LogP contribution in [0.3, 0.4) is 0 Å². The molecule has 1 fully saturated rings. The van der Waals surface area contributed by atoms with Gasteiger partial charge < -0.3 is 0 Å². The largest absolute Gasteiger partial charge is 0.241 e. The molecule has 2 nitrogen and oxygen atoms in total. The lowest BCUT2D eigenvalue weighted by Gasteiger charge is -2.28. The van der Waals surface area contributed by atoms with Crippen LogP contribution in [0.5, 0.6) is 0 Å². The Kier molecular flexibility index (Phi) is 3.02. The Hall–Kier alpha value is -0.630. The van der Waals surface area contributed by atoms with E-state index in [1.54, 1.807) is 6.33 Å². The van der Waals surface area contributed by atoms with E-state index in [2.05, 4.69) is 16.9 Å². The van der Waals surface area contributed by atoms with Gasteiger partial charge >= 0.3 is 0 Å². The molecule has 76 valence electrons. The van der Waals surface area contributed by atoms with Crippen LogP contribution in [0.1, 0.15) is 44.2 Å². The second-order valence-corrected chi connectivity index (χ2v) is 4.52. The van der Waals surface area contributed by atoms with Gasteiger partial charge in [-0.2, -0.15) is 0 Å². The van der Waals surface area contributed by atoms with Gasteiger partial charge in [-0.3, -0.25) is 0 Å². The first-order valence-electron chi connectivity index (χ1n) is 5.25. The third-order valence-corrected chi connectivity index (χ3v) is 3.35. The van der Waals surface area contributed by atoms with E-state index in [1.807, 2.05) is 6.07 Å². The summed E-state index contributed by atoms with van der Waals surface area (Å²) in [7, 11) is 0. The Morgan fingerprint density at radius 1 is 1.29 bits per heavy atom. The topological polar surface area (TPSA) is 25.8 Å². The molecule has 2 unspecified atom stereocenters. The summed E-state index contributed by atoms with van der Waals surface area (Å²) in [6.45, 7) is 2.31. The molecular weight excluding hydrogens is 196 g/mol. The molecule has 0 N–H and O–H groups in total. The van der Waals surface area contributed by atoms with Gasteiger partial charge in [-0.25, -0.2) is 9.97 Å². The van der Waals surface area contributed by atoms with Crippen molar-refractivity contribution in [3.8, 4) is 0 Å². The van der Waals surface area contributed by atoms with Gasteiger partial charge in [0.1, 0.15) is 11.5 Å². The van der Waals surface area contributed by atoms with E-state index in [4.69, 9.17) is 11.6 Å². The maximum absolute atomic E-state index is 5.86. The predicted molar refractivity (Wildman–Crippen MR) is 57.4 cm³/mol. The van der Waals surface area contributed by atoms with Crippen LogP contribution in [-0.2, 0) is 0 Å². The van der Waals surface area contributed by atoms with Gasteiger partial charge in [-0.05, 0) is 18.4 Å². The minimum atomic E-state index is 0.563. The van der Waals surface area contributed by atoms with E-state index in [1.165, 1.54) is 25.7 Å². The Morgan fingerprint density at radius 2 is 2.07 bits per heavy atom. The van der Waals surface area contributed by atoms with E-state index < -0.39 is 0 Å². The molecular formula is C11H15ClN2. The van der Waals surface area contributed by atoms with Crippen LogP contribution >= 0.6 is 11.6 Å². The smallest absolute Gasteiger partial charge is 0.132 e. The number of nitrogens with zero attached hydrogens (tertiary/aromatic N) is 2. The minimum Gasteiger partial charge on any atom is -0.241 e. The molecule has 1 heterocycles. The Balaban J connectivity index is 2.20. The van der Waals surface area contributed by atoms with Crippen LogP contribution in [0.4, 0.5) is 0 Å². The third-order valence-electron chi connectivity index (χ3n) is 3.15. The van der Waals surface area contributed by atoms with Gasteiger partial charge in [-0.1, -0.05) is 37.8 Å². The fourth-order valence-electron chi connectivity index (χ4n) is 2.31. The monoisotopic (exact) mass is 210 g/mol. The number of aromatic nitrogens is 2. The van der Waals surface area contributed by atoms with E-state index in [9.17, 15) is 0 Å². The van der Waals surface area contributed by atoms with E-state index >= 15 is 0 Å². The third kappa shape index (κ3) is 2.06. The van der Waals surface area contributed by atoms with Crippen molar-refractivity contribution in [3.63, 3.8) is 0 Å². The maximum Gasteiger partial charge on any atom is 0.132 e. The average Bonchev–Trinajstić information content (AvgIpc) is 2.18. The van der Waals surface area contributed by atoms with Crippen molar-refractivity contribution < 1.29 is 0 Å². The lowest BCUT2D eigenvalue weighted by molar-refractivity contribution is 0.325. The summed E-state index contributed by atoms with van der Waals surface area (Å²) in [5, 5.41) is 0.563. The highest BCUT2D eigenvalue weighted by Gasteiger charge is 2.23. The van der Waals surface area contributed by atoms with Gasteiger partial charge in [0.2, 0.25) is 0 Å². The molecule has 14 heavy (non-hydrogen) atoms. The van der Waals surface area contributed by atoms with Gasteiger partial charge in [0.25, 0.3) is 0 Å². The molecule has 2 rings (SSSR count). The lowest BCUT2D eigenvalue weighted by Crippen LogP contribution is -2.16. The van der Waals surface area contributed by atoms with Crippen molar-refractivity contribution >= 4 is 11.6 Å². The summed E-state index contributed by atoms with van der Waals surface area (Å²) >= 11 is 5.86. The van der Waals surface area contributed by atoms with Crippen molar-refractivity contribution in [2.75, 3.05) is 0 Å². The fraction of sp³-hybridized carbons (Fsp3) is 0.636. The van der Waals surface area contributed by atoms with Gasteiger partial charge in [0.15, 0.2) is 0 Å². The summed E-state index contributed by atoms with van der Waals surface area (Å²) < 4.78 is 0. The zero-order valence-electron chi connectivity index (χ0n) is 8.41. The van der Waals surface area contributed by atoms with Crippen molar-refractivity contribution in [1.29, 1.82) is 0 Å². The first-order chi connectivity index (χ1) is 6.77. The Labute approximate surface area is 89.7 Å². The molecule has 0 saturated heterocycles. The van der Waals surface area contributed by atoms with Crippen molar-refractivity contribution in [1.82, 2.24) is 9.97 Å². The fourth-order valence-corrected chi connectivity index (χ4v) is 2.46. The number of halogens is 1. The van der Waals surface area contributed by atoms with Crippen LogP contribution in [-0.4, -0.2) is 9.97 Å². The minimum absolute atomic E-state index is 0.563. The van der Waals surface area contributed by atoms with Gasteiger partial charge in [0.05, 0.1) is 0 Å². The highest BCUT2D eigenvalue weighted by molar-refractivity contribution is 6.29. The van der Waals surface area contributed by atoms with Crippen LogP contribution in [0.15, 0.2) is 12.4 Å². The predicted octanol–water partition coefficient (Wildman–Crippen LogP) is 3.42. The summed E-state index contributed by atoms with van der Waals surface area (Å²) in [6, 6.07) is 1.91. The summed E-state index contributed by atoms with van der Waals surface area (Å²) in [5.74, 6) is 1.32. The first kappa shape index (κ1) is 9.91. The SMILES string of the molecule is CC1CCCCC1c1cc(Cl)ncn1. The second kappa shape index (κ2) is 4.26. The van der Waals surface area contributed by atoms with Crippen LogP contribution in [0.2, 0.25) is 5.15 Å². The summed E-state index contributed by atoms with van der Waals surface area (Å²) in [4.78, 5) is 8.23. The Bertz CT molecular complexity index is 314. The van der Waals surface area contributed by atoms with E-state index in [-0.39, 0.29) is 0 Å². The van der Waals surface area contributed by atoms with Crippen molar-refractivity contribution in [2.45, 2.75) is 38.5 Å². The van der Waals surface area contributed by atoms with Gasteiger partial charge in [-0.15, -0.1) is 0 Å². The molecule has 1 aliphatic carbocycles. The molecule has 0 spiro atoms. The van der Waals surface area contributed by atoms with Crippen molar-refractivity contribution in [2.24, 2.45) is 5.92 Å². The number of hydrogen-bond acceptors (Lipinski definition) is 2. The number of hydrogen-bond donors (Lipinski definition) is 0. The van der Waals surface area contributed by atoms with Gasteiger partial charge in [0, 0.05) is 11.6 Å². The highest BCUT2D eigenvalue weighted by Crippen LogP contribution is 2.36. The molecule has 0 bridgehead atoms. The molecule has 1 aliphatic rings. The molecule has 3 heteroatoms. The second-order valence-electron chi connectivity index (χ2n) is 4.13. The lowest BCUT2D eigenvalue weighted by atomic mass is 9.78. The molecule has 0 aromatic carbocycles. The average molecular weight is 211 g/mol. The van der Waals surface area contributed by atoms with Crippen LogP contribution < -0.4 is 0 Å². The first-order valence-corrected chi connectivity index (χ1v) is 5.62. The normalized spacial score (nSPS) is 27.6. The number of rotatable bonds is 1. The highest BCUT2D eigenvalue weighted by atomic mass is 35.5. The maximum atomic E-state index is 5.86. The summed E-state index contributed by atoms with van der Waals surface area (Å²) in [5.41, 5.74) is 1.12.